The maximum atomic E-state index is 5.61. The van der Waals surface area contributed by atoms with Crippen LogP contribution in [0.4, 0.5) is 0 Å². The molecule has 0 N–H and O–H groups in total. The summed E-state index contributed by atoms with van der Waals surface area (Å²) in [6.07, 6.45) is 6.52. The van der Waals surface area contributed by atoms with E-state index in [1.165, 1.54) is 37.7 Å². The van der Waals surface area contributed by atoms with Crippen molar-refractivity contribution in [2.45, 2.75) is 52.9 Å². The SMILES string of the molecule is CCOCCOc1ccc(CCCCCC(C)C)cc1. The third-order valence-electron chi connectivity index (χ3n) is 3.37. The number of hydrogen-bond donors (Lipinski definition) is 0. The molecule has 114 valence electrons. The molecule has 0 aromatic heterocycles. The van der Waals surface area contributed by atoms with Crippen LogP contribution in [0.5, 0.6) is 5.75 Å². The van der Waals surface area contributed by atoms with Crippen molar-refractivity contribution in [3.63, 3.8) is 0 Å². The van der Waals surface area contributed by atoms with Crippen LogP contribution in [-0.2, 0) is 11.2 Å². The lowest BCUT2D eigenvalue weighted by Gasteiger charge is -2.08. The van der Waals surface area contributed by atoms with Crippen molar-refractivity contribution >= 4 is 0 Å². The molecule has 1 aromatic carbocycles. The van der Waals surface area contributed by atoms with Gasteiger partial charge in [0.25, 0.3) is 0 Å². The Morgan fingerprint density at radius 1 is 0.950 bits per heavy atom. The highest BCUT2D eigenvalue weighted by molar-refractivity contribution is 5.27. The van der Waals surface area contributed by atoms with E-state index in [-0.39, 0.29) is 0 Å². The fourth-order valence-electron chi connectivity index (χ4n) is 2.17. The summed E-state index contributed by atoms with van der Waals surface area (Å²) in [7, 11) is 0. The van der Waals surface area contributed by atoms with Gasteiger partial charge in [-0.1, -0.05) is 45.2 Å². The van der Waals surface area contributed by atoms with Crippen LogP contribution in [0.1, 0.15) is 52.0 Å². The summed E-state index contributed by atoms with van der Waals surface area (Å²) >= 11 is 0. The smallest absolute Gasteiger partial charge is 0.119 e. The van der Waals surface area contributed by atoms with Crippen LogP contribution >= 0.6 is 0 Å². The minimum Gasteiger partial charge on any atom is -0.491 e. The molecule has 0 spiro atoms. The maximum Gasteiger partial charge on any atom is 0.119 e. The lowest BCUT2D eigenvalue weighted by atomic mass is 10.0. The minimum atomic E-state index is 0.627. The first-order chi connectivity index (χ1) is 9.72. The van der Waals surface area contributed by atoms with Crippen molar-refractivity contribution in [3.05, 3.63) is 29.8 Å². The molecular formula is C18H30O2. The van der Waals surface area contributed by atoms with Crippen LogP contribution in [-0.4, -0.2) is 19.8 Å². The number of rotatable bonds is 11. The van der Waals surface area contributed by atoms with Gasteiger partial charge in [-0.15, -0.1) is 0 Å². The number of unbranched alkanes of at least 4 members (excludes halogenated alkanes) is 2. The van der Waals surface area contributed by atoms with E-state index in [1.54, 1.807) is 0 Å². The molecular weight excluding hydrogens is 248 g/mol. The number of hydrogen-bond acceptors (Lipinski definition) is 2. The Hall–Kier alpha value is -1.02. The van der Waals surface area contributed by atoms with E-state index in [9.17, 15) is 0 Å². The summed E-state index contributed by atoms with van der Waals surface area (Å²) in [4.78, 5) is 0. The fraction of sp³-hybridized carbons (Fsp3) is 0.667. The topological polar surface area (TPSA) is 18.5 Å². The standard InChI is InChI=1S/C18H30O2/c1-4-19-14-15-20-18-12-10-17(11-13-18)9-7-5-6-8-16(2)3/h10-13,16H,4-9,14-15H2,1-3H3. The molecule has 0 heterocycles. The summed E-state index contributed by atoms with van der Waals surface area (Å²) < 4.78 is 10.9. The molecule has 20 heavy (non-hydrogen) atoms. The van der Waals surface area contributed by atoms with Gasteiger partial charge in [0.15, 0.2) is 0 Å². The van der Waals surface area contributed by atoms with Crippen LogP contribution in [0.3, 0.4) is 0 Å². The largest absolute Gasteiger partial charge is 0.491 e. The Morgan fingerprint density at radius 3 is 2.35 bits per heavy atom. The summed E-state index contributed by atoms with van der Waals surface area (Å²) in [6.45, 7) is 8.63. The molecule has 2 nitrogen and oxygen atoms in total. The zero-order valence-corrected chi connectivity index (χ0v) is 13.4. The molecule has 0 aliphatic carbocycles. The van der Waals surface area contributed by atoms with Crippen LogP contribution in [0.25, 0.3) is 0 Å². The molecule has 2 heteroatoms. The molecule has 0 radical (unpaired) electrons. The fourth-order valence-corrected chi connectivity index (χ4v) is 2.17. The summed E-state index contributed by atoms with van der Waals surface area (Å²) in [5.41, 5.74) is 1.41. The van der Waals surface area contributed by atoms with E-state index in [1.807, 2.05) is 6.92 Å². The van der Waals surface area contributed by atoms with Crippen molar-refractivity contribution in [3.8, 4) is 5.75 Å². The lowest BCUT2D eigenvalue weighted by Crippen LogP contribution is -2.06. The third kappa shape index (κ3) is 8.21. The predicted octanol–water partition coefficient (Wildman–Crippen LogP) is 4.86. The average Bonchev–Trinajstić information content (AvgIpc) is 2.44. The number of benzene rings is 1. The molecule has 0 unspecified atom stereocenters. The summed E-state index contributed by atoms with van der Waals surface area (Å²) in [5.74, 6) is 1.77. The molecule has 0 aliphatic rings. The molecule has 0 bridgehead atoms. The Balaban J connectivity index is 2.15. The second-order valence-corrected chi connectivity index (χ2v) is 5.68. The molecule has 0 saturated heterocycles. The van der Waals surface area contributed by atoms with Gasteiger partial charge in [-0.3, -0.25) is 0 Å². The molecule has 1 aromatic rings. The second kappa shape index (κ2) is 10.7. The quantitative estimate of drug-likeness (QED) is 0.538. The van der Waals surface area contributed by atoms with Gasteiger partial charge in [0, 0.05) is 6.61 Å². The molecule has 0 aliphatic heterocycles. The first kappa shape index (κ1) is 17.0. The van der Waals surface area contributed by atoms with Gasteiger partial charge in [-0.25, -0.2) is 0 Å². The number of aryl methyl sites for hydroxylation is 1. The van der Waals surface area contributed by atoms with Crippen molar-refractivity contribution in [1.29, 1.82) is 0 Å². The van der Waals surface area contributed by atoms with Crippen LogP contribution in [0.15, 0.2) is 24.3 Å². The Morgan fingerprint density at radius 2 is 1.70 bits per heavy atom. The average molecular weight is 278 g/mol. The van der Waals surface area contributed by atoms with Crippen molar-refractivity contribution in [1.82, 2.24) is 0 Å². The van der Waals surface area contributed by atoms with Crippen LogP contribution in [0, 0.1) is 5.92 Å². The highest BCUT2D eigenvalue weighted by Gasteiger charge is 1.98. The third-order valence-corrected chi connectivity index (χ3v) is 3.37. The zero-order chi connectivity index (χ0) is 14.6. The van der Waals surface area contributed by atoms with Gasteiger partial charge >= 0.3 is 0 Å². The van der Waals surface area contributed by atoms with Gasteiger partial charge < -0.3 is 9.47 Å². The van der Waals surface area contributed by atoms with Gasteiger partial charge in [-0.2, -0.15) is 0 Å². The molecule has 0 fully saturated rings. The second-order valence-electron chi connectivity index (χ2n) is 5.68. The maximum absolute atomic E-state index is 5.61. The molecule has 0 saturated carbocycles. The van der Waals surface area contributed by atoms with Crippen molar-refractivity contribution in [2.75, 3.05) is 19.8 Å². The Kier molecular flexibility index (Phi) is 9.14. The van der Waals surface area contributed by atoms with E-state index in [0.717, 1.165) is 18.3 Å². The van der Waals surface area contributed by atoms with Crippen molar-refractivity contribution < 1.29 is 9.47 Å². The van der Waals surface area contributed by atoms with Gasteiger partial charge in [0.05, 0.1) is 6.61 Å². The minimum absolute atomic E-state index is 0.627. The van der Waals surface area contributed by atoms with Crippen molar-refractivity contribution in [2.24, 2.45) is 5.92 Å². The zero-order valence-electron chi connectivity index (χ0n) is 13.4. The highest BCUT2D eigenvalue weighted by atomic mass is 16.5. The van der Waals surface area contributed by atoms with Gasteiger partial charge in [0.2, 0.25) is 0 Å². The highest BCUT2D eigenvalue weighted by Crippen LogP contribution is 2.15. The molecule has 0 atom stereocenters. The normalized spacial score (nSPS) is 11.0. The lowest BCUT2D eigenvalue weighted by molar-refractivity contribution is 0.110. The van der Waals surface area contributed by atoms with E-state index < -0.39 is 0 Å². The molecule has 0 amide bonds. The van der Waals surface area contributed by atoms with E-state index >= 15 is 0 Å². The summed E-state index contributed by atoms with van der Waals surface area (Å²) in [6, 6.07) is 8.49. The van der Waals surface area contributed by atoms with Gasteiger partial charge in [-0.05, 0) is 43.4 Å². The van der Waals surface area contributed by atoms with E-state index in [4.69, 9.17) is 9.47 Å². The Bertz CT molecular complexity index is 330. The molecule has 1 rings (SSSR count). The van der Waals surface area contributed by atoms with E-state index in [0.29, 0.717) is 13.2 Å². The van der Waals surface area contributed by atoms with Gasteiger partial charge in [0.1, 0.15) is 12.4 Å². The monoisotopic (exact) mass is 278 g/mol. The Labute approximate surface area is 124 Å². The first-order valence-electron chi connectivity index (χ1n) is 8.02. The summed E-state index contributed by atoms with van der Waals surface area (Å²) in [5, 5.41) is 0. The number of ether oxygens (including phenoxy) is 2. The van der Waals surface area contributed by atoms with Crippen LogP contribution < -0.4 is 4.74 Å². The predicted molar refractivity (Wildman–Crippen MR) is 85.4 cm³/mol. The van der Waals surface area contributed by atoms with E-state index in [2.05, 4.69) is 38.1 Å². The first-order valence-corrected chi connectivity index (χ1v) is 8.02. The van der Waals surface area contributed by atoms with Crippen LogP contribution in [0.2, 0.25) is 0 Å².